The van der Waals surface area contributed by atoms with E-state index in [-0.39, 0.29) is 29.5 Å². The van der Waals surface area contributed by atoms with Crippen molar-refractivity contribution >= 4 is 24.7 Å². The van der Waals surface area contributed by atoms with Crippen LogP contribution in [0.3, 0.4) is 0 Å². The molecular weight excluding hydrogens is 406 g/mol. The summed E-state index contributed by atoms with van der Waals surface area (Å²) in [6.45, 7) is 8.70. The number of nitrogens with zero attached hydrogens (tertiary/aromatic N) is 1. The van der Waals surface area contributed by atoms with Gasteiger partial charge in [0.25, 0.3) is 8.32 Å². The summed E-state index contributed by atoms with van der Waals surface area (Å²) in [5.41, 5.74) is 0. The Kier molecular flexibility index (Phi) is 7.32. The number of benzene rings is 2. The SMILES string of the molecule is CC(=O)O[C@H]1CO[C@H](CO[Si](c2ccccc2)(c2ccccc2)C(C)(C)C)[C@H]1CC#N. The molecule has 6 heteroatoms. The number of rotatable bonds is 7. The molecular formula is C25H31NO4Si. The molecule has 0 aliphatic carbocycles. The second-order valence-corrected chi connectivity index (χ2v) is 13.3. The maximum absolute atomic E-state index is 11.5. The van der Waals surface area contributed by atoms with Gasteiger partial charge in [-0.2, -0.15) is 5.26 Å². The largest absolute Gasteiger partial charge is 0.460 e. The van der Waals surface area contributed by atoms with E-state index in [9.17, 15) is 10.1 Å². The number of carbonyl (C=O) groups is 1. The third-order valence-electron chi connectivity index (χ3n) is 5.95. The summed E-state index contributed by atoms with van der Waals surface area (Å²) in [6.07, 6.45) is -0.456. The summed E-state index contributed by atoms with van der Waals surface area (Å²) in [6, 6.07) is 23.0. The summed E-state index contributed by atoms with van der Waals surface area (Å²) in [4.78, 5) is 11.5. The van der Waals surface area contributed by atoms with Crippen LogP contribution in [0.15, 0.2) is 60.7 Å². The van der Waals surface area contributed by atoms with Crippen molar-refractivity contribution in [3.05, 3.63) is 60.7 Å². The number of hydrogen-bond donors (Lipinski definition) is 0. The summed E-state index contributed by atoms with van der Waals surface area (Å²) in [5, 5.41) is 11.6. The van der Waals surface area contributed by atoms with Crippen molar-refractivity contribution in [2.24, 2.45) is 5.92 Å². The van der Waals surface area contributed by atoms with Gasteiger partial charge in [0.1, 0.15) is 6.10 Å². The van der Waals surface area contributed by atoms with Crippen LogP contribution in [0, 0.1) is 17.2 Å². The van der Waals surface area contributed by atoms with Crippen LogP contribution in [-0.2, 0) is 18.7 Å². The molecule has 1 heterocycles. The first-order chi connectivity index (χ1) is 14.8. The lowest BCUT2D eigenvalue weighted by Gasteiger charge is -2.43. The van der Waals surface area contributed by atoms with Gasteiger partial charge < -0.3 is 13.9 Å². The van der Waals surface area contributed by atoms with Crippen LogP contribution in [0.4, 0.5) is 0 Å². The zero-order valence-electron chi connectivity index (χ0n) is 18.7. The van der Waals surface area contributed by atoms with Crippen LogP contribution in [0.25, 0.3) is 0 Å². The highest BCUT2D eigenvalue weighted by Crippen LogP contribution is 2.38. The molecule has 1 saturated heterocycles. The monoisotopic (exact) mass is 437 g/mol. The summed E-state index contributed by atoms with van der Waals surface area (Å²) < 4.78 is 18.3. The van der Waals surface area contributed by atoms with Crippen LogP contribution in [0.1, 0.15) is 34.1 Å². The van der Waals surface area contributed by atoms with Crippen molar-refractivity contribution in [2.45, 2.75) is 51.4 Å². The quantitative estimate of drug-likeness (QED) is 0.490. The fraction of sp³-hybridized carbons (Fsp3) is 0.440. The molecule has 5 nitrogen and oxygen atoms in total. The lowest BCUT2D eigenvalue weighted by molar-refractivity contribution is -0.147. The van der Waals surface area contributed by atoms with Gasteiger partial charge in [-0.1, -0.05) is 81.4 Å². The summed E-state index contributed by atoms with van der Waals surface area (Å²) in [7, 11) is -2.69. The molecule has 0 amide bonds. The Morgan fingerprint density at radius 3 is 2.10 bits per heavy atom. The molecule has 2 aromatic rings. The first-order valence-electron chi connectivity index (χ1n) is 10.7. The first-order valence-corrected chi connectivity index (χ1v) is 12.6. The molecule has 2 aromatic carbocycles. The van der Waals surface area contributed by atoms with E-state index < -0.39 is 14.4 Å². The van der Waals surface area contributed by atoms with Crippen molar-refractivity contribution in [1.29, 1.82) is 5.26 Å². The average Bonchev–Trinajstić information content (AvgIpc) is 3.10. The van der Waals surface area contributed by atoms with Crippen LogP contribution in [0.2, 0.25) is 5.04 Å². The molecule has 0 unspecified atom stereocenters. The Hall–Kier alpha value is -2.46. The van der Waals surface area contributed by atoms with Crippen molar-refractivity contribution in [1.82, 2.24) is 0 Å². The minimum Gasteiger partial charge on any atom is -0.460 e. The molecule has 0 aromatic heterocycles. The third kappa shape index (κ3) is 4.90. The molecule has 3 atom stereocenters. The number of hydrogen-bond acceptors (Lipinski definition) is 5. The molecule has 31 heavy (non-hydrogen) atoms. The standard InChI is InChI=1S/C25H31NO4Si/c1-19(27)30-24-17-28-23(22(24)15-16-26)18-29-31(25(2,3)4,20-11-7-5-8-12-20)21-13-9-6-10-14-21/h5-14,22-24H,15,17-18H2,1-4H3/t22-,23-,24+/m1/s1. The molecule has 0 bridgehead atoms. The normalized spacial score (nSPS) is 21.5. The van der Waals surface area contributed by atoms with Gasteiger partial charge in [-0.15, -0.1) is 0 Å². The fourth-order valence-corrected chi connectivity index (χ4v) is 9.12. The zero-order chi connectivity index (χ0) is 22.5. The van der Waals surface area contributed by atoms with Crippen molar-refractivity contribution in [3.8, 4) is 6.07 Å². The predicted molar refractivity (Wildman–Crippen MR) is 123 cm³/mol. The molecule has 0 saturated carbocycles. The average molecular weight is 438 g/mol. The van der Waals surface area contributed by atoms with Gasteiger partial charge in [0.15, 0.2) is 0 Å². The molecule has 164 valence electrons. The van der Waals surface area contributed by atoms with Gasteiger partial charge in [0.05, 0.1) is 25.4 Å². The van der Waals surface area contributed by atoms with Crippen LogP contribution < -0.4 is 10.4 Å². The van der Waals surface area contributed by atoms with E-state index >= 15 is 0 Å². The Morgan fingerprint density at radius 1 is 1.10 bits per heavy atom. The summed E-state index contributed by atoms with van der Waals surface area (Å²) in [5.74, 6) is -0.558. The van der Waals surface area contributed by atoms with Crippen molar-refractivity contribution in [2.75, 3.05) is 13.2 Å². The minimum atomic E-state index is -2.69. The van der Waals surface area contributed by atoms with Gasteiger partial charge in [0, 0.05) is 19.3 Å². The van der Waals surface area contributed by atoms with E-state index in [2.05, 4.69) is 75.4 Å². The predicted octanol–water partition coefficient (Wildman–Crippen LogP) is 3.42. The Morgan fingerprint density at radius 2 is 1.65 bits per heavy atom. The van der Waals surface area contributed by atoms with Gasteiger partial charge in [-0.3, -0.25) is 4.79 Å². The maximum atomic E-state index is 11.5. The number of nitriles is 1. The first kappa shape index (κ1) is 23.2. The van der Waals surface area contributed by atoms with Gasteiger partial charge in [-0.25, -0.2) is 0 Å². The molecule has 3 rings (SSSR count). The highest BCUT2D eigenvalue weighted by atomic mass is 28.4. The minimum absolute atomic E-state index is 0.145. The molecule has 0 N–H and O–H groups in total. The van der Waals surface area contributed by atoms with Gasteiger partial charge in [0.2, 0.25) is 0 Å². The van der Waals surface area contributed by atoms with E-state index in [0.29, 0.717) is 13.2 Å². The molecule has 1 aliphatic rings. The molecule has 1 aliphatic heterocycles. The molecule has 0 radical (unpaired) electrons. The maximum Gasteiger partial charge on any atom is 0.302 e. The van der Waals surface area contributed by atoms with Crippen molar-refractivity contribution < 1.29 is 18.7 Å². The summed E-state index contributed by atoms with van der Waals surface area (Å²) >= 11 is 0. The van der Waals surface area contributed by atoms with E-state index in [4.69, 9.17) is 13.9 Å². The second-order valence-electron chi connectivity index (χ2n) is 9.02. The number of ether oxygens (including phenoxy) is 2. The Labute approximate surface area is 186 Å². The Bertz CT molecular complexity index is 865. The van der Waals surface area contributed by atoms with Crippen LogP contribution in [0.5, 0.6) is 0 Å². The van der Waals surface area contributed by atoms with Crippen LogP contribution in [-0.4, -0.2) is 39.7 Å². The van der Waals surface area contributed by atoms with Crippen molar-refractivity contribution in [3.63, 3.8) is 0 Å². The number of esters is 1. The lowest BCUT2D eigenvalue weighted by Crippen LogP contribution is -2.67. The van der Waals surface area contributed by atoms with E-state index in [0.717, 1.165) is 0 Å². The van der Waals surface area contributed by atoms with Gasteiger partial charge in [-0.05, 0) is 15.4 Å². The van der Waals surface area contributed by atoms with E-state index in [1.807, 2.05) is 12.1 Å². The Balaban J connectivity index is 1.96. The topological polar surface area (TPSA) is 68.6 Å². The van der Waals surface area contributed by atoms with Gasteiger partial charge >= 0.3 is 5.97 Å². The highest BCUT2D eigenvalue weighted by Gasteiger charge is 2.51. The van der Waals surface area contributed by atoms with E-state index in [1.54, 1.807) is 0 Å². The second kappa shape index (κ2) is 9.78. The van der Waals surface area contributed by atoms with Crippen LogP contribution >= 0.6 is 0 Å². The highest BCUT2D eigenvalue weighted by molar-refractivity contribution is 6.99. The zero-order valence-corrected chi connectivity index (χ0v) is 19.7. The number of carbonyl (C=O) groups excluding carboxylic acids is 1. The van der Waals surface area contributed by atoms with E-state index in [1.165, 1.54) is 17.3 Å². The third-order valence-corrected chi connectivity index (χ3v) is 11.0. The molecule has 0 spiro atoms. The lowest BCUT2D eigenvalue weighted by atomic mass is 9.96. The smallest absolute Gasteiger partial charge is 0.302 e. The molecule has 1 fully saturated rings. The fourth-order valence-electron chi connectivity index (χ4n) is 4.55.